The molecule has 4 rings (SSSR count). The summed E-state index contributed by atoms with van der Waals surface area (Å²) in [6.45, 7) is 1.71. The lowest BCUT2D eigenvalue weighted by atomic mass is 10.1. The second kappa shape index (κ2) is 4.58. The van der Waals surface area contributed by atoms with E-state index in [0.717, 1.165) is 31.0 Å². The zero-order chi connectivity index (χ0) is 13.7. The van der Waals surface area contributed by atoms with Crippen molar-refractivity contribution < 1.29 is 9.59 Å². The molecule has 0 bridgehead atoms. The van der Waals surface area contributed by atoms with Gasteiger partial charge in [0.1, 0.15) is 0 Å². The summed E-state index contributed by atoms with van der Waals surface area (Å²) >= 11 is 1.54. The summed E-state index contributed by atoms with van der Waals surface area (Å²) in [5.41, 5.74) is 0.767. The first-order valence-corrected chi connectivity index (χ1v) is 8.31. The van der Waals surface area contributed by atoms with E-state index in [1.54, 1.807) is 11.3 Å². The van der Waals surface area contributed by atoms with Gasteiger partial charge in [0, 0.05) is 24.9 Å². The number of rotatable bonds is 3. The lowest BCUT2D eigenvalue weighted by Gasteiger charge is -2.25. The average Bonchev–Trinajstić information content (AvgIpc) is 2.87. The Kier molecular flexibility index (Phi) is 2.84. The number of carbonyl (C=O) groups excluding carboxylic acids is 2. The Morgan fingerprint density at radius 3 is 2.85 bits per heavy atom. The van der Waals surface area contributed by atoms with Crippen LogP contribution in [-0.4, -0.2) is 46.8 Å². The number of likely N-dealkylation sites (tertiary alicyclic amines) is 2. The minimum atomic E-state index is 0.0971. The molecule has 2 saturated heterocycles. The smallest absolute Gasteiger partial charge is 0.255 e. The molecule has 1 aromatic rings. The van der Waals surface area contributed by atoms with Gasteiger partial charge in [-0.25, -0.2) is 0 Å². The van der Waals surface area contributed by atoms with Gasteiger partial charge in [-0.3, -0.25) is 9.59 Å². The summed E-state index contributed by atoms with van der Waals surface area (Å²) in [5, 5.41) is 3.83. The predicted octanol–water partition coefficient (Wildman–Crippen LogP) is 1.97. The summed E-state index contributed by atoms with van der Waals surface area (Å²) in [6, 6.07) is 2.25. The standard InChI is InChI=1S/C15H18N2O2S/c18-14-7-13-12(17(14)8-10-1-2-10)3-5-16(13)15(19)11-4-6-20-9-11/h4,6,9-10,12-13H,1-3,5,7-8H2/t12-,13-/m0/s1. The number of carbonyl (C=O) groups is 2. The van der Waals surface area contributed by atoms with Gasteiger partial charge in [0.15, 0.2) is 0 Å². The molecule has 20 heavy (non-hydrogen) atoms. The number of thiophene rings is 1. The zero-order valence-corrected chi connectivity index (χ0v) is 12.1. The largest absolute Gasteiger partial charge is 0.337 e. The highest BCUT2D eigenvalue weighted by molar-refractivity contribution is 7.08. The van der Waals surface area contributed by atoms with E-state index < -0.39 is 0 Å². The maximum absolute atomic E-state index is 12.5. The Labute approximate surface area is 122 Å². The molecule has 2 atom stereocenters. The summed E-state index contributed by atoms with van der Waals surface area (Å²) < 4.78 is 0. The average molecular weight is 290 g/mol. The number of hydrogen-bond donors (Lipinski definition) is 0. The van der Waals surface area contributed by atoms with Crippen molar-refractivity contribution in [1.82, 2.24) is 9.80 Å². The molecule has 2 aliphatic heterocycles. The first kappa shape index (κ1) is 12.4. The van der Waals surface area contributed by atoms with Gasteiger partial charge in [-0.15, -0.1) is 0 Å². The molecule has 3 fully saturated rings. The van der Waals surface area contributed by atoms with Crippen LogP contribution in [0.3, 0.4) is 0 Å². The molecule has 0 radical (unpaired) electrons. The monoisotopic (exact) mass is 290 g/mol. The Balaban J connectivity index is 1.52. The molecule has 3 heterocycles. The third kappa shape index (κ3) is 1.95. The highest BCUT2D eigenvalue weighted by Crippen LogP contribution is 2.37. The van der Waals surface area contributed by atoms with Crippen molar-refractivity contribution >= 4 is 23.2 Å². The van der Waals surface area contributed by atoms with E-state index in [1.807, 2.05) is 21.7 Å². The van der Waals surface area contributed by atoms with Crippen LogP contribution >= 0.6 is 11.3 Å². The fourth-order valence-electron chi connectivity index (χ4n) is 3.55. The van der Waals surface area contributed by atoms with E-state index in [9.17, 15) is 9.59 Å². The summed E-state index contributed by atoms with van der Waals surface area (Å²) in [4.78, 5) is 28.7. The Hall–Kier alpha value is -1.36. The quantitative estimate of drug-likeness (QED) is 0.854. The van der Waals surface area contributed by atoms with E-state index in [2.05, 4.69) is 4.90 Å². The summed E-state index contributed by atoms with van der Waals surface area (Å²) in [6.07, 6.45) is 3.99. The molecule has 2 amide bonds. The lowest BCUT2D eigenvalue weighted by Crippen LogP contribution is -2.40. The molecule has 0 spiro atoms. The molecular formula is C15H18N2O2S. The van der Waals surface area contributed by atoms with Gasteiger partial charge in [-0.1, -0.05) is 0 Å². The highest BCUT2D eigenvalue weighted by atomic mass is 32.1. The number of nitrogens with zero attached hydrogens (tertiary/aromatic N) is 2. The van der Waals surface area contributed by atoms with E-state index in [0.29, 0.717) is 6.42 Å². The summed E-state index contributed by atoms with van der Waals surface area (Å²) in [5.74, 6) is 1.06. The van der Waals surface area contributed by atoms with Crippen molar-refractivity contribution in [1.29, 1.82) is 0 Å². The Bertz CT molecular complexity index is 538. The Morgan fingerprint density at radius 1 is 1.30 bits per heavy atom. The van der Waals surface area contributed by atoms with Gasteiger partial charge >= 0.3 is 0 Å². The molecule has 0 unspecified atom stereocenters. The van der Waals surface area contributed by atoms with Crippen molar-refractivity contribution in [2.75, 3.05) is 13.1 Å². The summed E-state index contributed by atoms with van der Waals surface area (Å²) in [7, 11) is 0. The van der Waals surface area contributed by atoms with Crippen LogP contribution in [0.2, 0.25) is 0 Å². The molecule has 5 heteroatoms. The molecule has 1 saturated carbocycles. The third-order valence-corrected chi connectivity index (χ3v) is 5.48. The molecule has 3 aliphatic rings. The minimum Gasteiger partial charge on any atom is -0.337 e. The van der Waals surface area contributed by atoms with Crippen molar-refractivity contribution in [2.24, 2.45) is 5.92 Å². The fourth-order valence-corrected chi connectivity index (χ4v) is 4.18. The van der Waals surface area contributed by atoms with Gasteiger partial charge in [0.25, 0.3) is 5.91 Å². The number of hydrogen-bond acceptors (Lipinski definition) is 3. The molecule has 1 aliphatic carbocycles. The Morgan fingerprint density at radius 2 is 2.15 bits per heavy atom. The zero-order valence-electron chi connectivity index (χ0n) is 11.3. The van der Waals surface area contributed by atoms with Gasteiger partial charge < -0.3 is 9.80 Å². The maximum atomic E-state index is 12.5. The van der Waals surface area contributed by atoms with Crippen LogP contribution in [-0.2, 0) is 4.79 Å². The van der Waals surface area contributed by atoms with Crippen molar-refractivity contribution in [3.8, 4) is 0 Å². The molecule has 0 N–H and O–H groups in total. The minimum absolute atomic E-state index is 0.0971. The second-order valence-electron chi connectivity index (χ2n) is 6.13. The van der Waals surface area contributed by atoms with Crippen LogP contribution in [0, 0.1) is 5.92 Å². The van der Waals surface area contributed by atoms with Crippen molar-refractivity contribution in [3.63, 3.8) is 0 Å². The van der Waals surface area contributed by atoms with E-state index in [4.69, 9.17) is 0 Å². The van der Waals surface area contributed by atoms with E-state index in [-0.39, 0.29) is 23.9 Å². The molecule has 1 aromatic heterocycles. The van der Waals surface area contributed by atoms with Crippen molar-refractivity contribution in [2.45, 2.75) is 37.8 Å². The van der Waals surface area contributed by atoms with Crippen LogP contribution in [0.25, 0.3) is 0 Å². The maximum Gasteiger partial charge on any atom is 0.255 e. The van der Waals surface area contributed by atoms with Crippen LogP contribution in [0.1, 0.15) is 36.0 Å². The van der Waals surface area contributed by atoms with Crippen LogP contribution < -0.4 is 0 Å². The van der Waals surface area contributed by atoms with Crippen LogP contribution in [0.5, 0.6) is 0 Å². The third-order valence-electron chi connectivity index (χ3n) is 4.80. The van der Waals surface area contributed by atoms with Gasteiger partial charge in [-0.05, 0) is 36.6 Å². The van der Waals surface area contributed by atoms with Gasteiger partial charge in [0.05, 0.1) is 17.6 Å². The van der Waals surface area contributed by atoms with Gasteiger partial charge in [0.2, 0.25) is 5.91 Å². The fraction of sp³-hybridized carbons (Fsp3) is 0.600. The van der Waals surface area contributed by atoms with Crippen LogP contribution in [0.4, 0.5) is 0 Å². The van der Waals surface area contributed by atoms with Crippen molar-refractivity contribution in [3.05, 3.63) is 22.4 Å². The van der Waals surface area contributed by atoms with Crippen LogP contribution in [0.15, 0.2) is 16.8 Å². The second-order valence-corrected chi connectivity index (χ2v) is 6.91. The topological polar surface area (TPSA) is 40.6 Å². The normalized spacial score (nSPS) is 29.1. The lowest BCUT2D eigenvalue weighted by molar-refractivity contribution is -0.129. The first-order valence-electron chi connectivity index (χ1n) is 7.36. The molecular weight excluding hydrogens is 272 g/mol. The molecule has 4 nitrogen and oxygen atoms in total. The predicted molar refractivity (Wildman–Crippen MR) is 76.6 cm³/mol. The number of amides is 2. The van der Waals surface area contributed by atoms with E-state index in [1.165, 1.54) is 12.8 Å². The number of fused-ring (bicyclic) bond motifs is 1. The highest BCUT2D eigenvalue weighted by Gasteiger charge is 2.49. The molecule has 0 aromatic carbocycles. The molecule has 106 valence electrons. The first-order chi connectivity index (χ1) is 9.74. The SMILES string of the molecule is O=C1C[C@H]2[C@H](CCN2C(=O)c2ccsc2)N1CC1CC1. The van der Waals surface area contributed by atoms with E-state index >= 15 is 0 Å². The van der Waals surface area contributed by atoms with Gasteiger partial charge in [-0.2, -0.15) is 11.3 Å².